The van der Waals surface area contributed by atoms with Gasteiger partial charge in [-0.2, -0.15) is 0 Å². The molecule has 2 aromatic heterocycles. The van der Waals surface area contributed by atoms with E-state index in [-0.39, 0.29) is 5.54 Å². The summed E-state index contributed by atoms with van der Waals surface area (Å²) >= 11 is 0. The SMILES string of the molecule is COc1cc(CNCc2cn(C(C)(C)C)nn2)ccn1. The molecular formula is C14H21N5O. The van der Waals surface area contributed by atoms with Crippen LogP contribution in [0.5, 0.6) is 5.88 Å². The van der Waals surface area contributed by atoms with Crippen LogP contribution in [-0.2, 0) is 18.6 Å². The molecule has 0 aliphatic rings. The Hall–Kier alpha value is -1.95. The molecule has 0 radical (unpaired) electrons. The average Bonchev–Trinajstić information content (AvgIpc) is 2.88. The number of ether oxygens (including phenoxy) is 1. The van der Waals surface area contributed by atoms with Crippen molar-refractivity contribution < 1.29 is 4.74 Å². The molecule has 0 fully saturated rings. The van der Waals surface area contributed by atoms with Crippen LogP contribution in [0.3, 0.4) is 0 Å². The molecule has 0 atom stereocenters. The molecule has 0 saturated heterocycles. The van der Waals surface area contributed by atoms with Crippen molar-refractivity contribution in [1.82, 2.24) is 25.3 Å². The summed E-state index contributed by atoms with van der Waals surface area (Å²) in [5.41, 5.74) is 2.02. The minimum atomic E-state index is -0.0380. The zero-order chi connectivity index (χ0) is 14.6. The third-order valence-corrected chi connectivity index (χ3v) is 2.87. The lowest BCUT2D eigenvalue weighted by atomic mass is 10.1. The highest BCUT2D eigenvalue weighted by atomic mass is 16.5. The second kappa shape index (κ2) is 6.00. The fourth-order valence-corrected chi connectivity index (χ4v) is 1.71. The van der Waals surface area contributed by atoms with Gasteiger partial charge in [-0.1, -0.05) is 5.21 Å². The van der Waals surface area contributed by atoms with Crippen LogP contribution in [0.2, 0.25) is 0 Å². The molecule has 0 amide bonds. The van der Waals surface area contributed by atoms with Crippen molar-refractivity contribution in [2.75, 3.05) is 7.11 Å². The quantitative estimate of drug-likeness (QED) is 0.900. The molecule has 20 heavy (non-hydrogen) atoms. The van der Waals surface area contributed by atoms with Crippen molar-refractivity contribution in [2.24, 2.45) is 0 Å². The number of aromatic nitrogens is 4. The number of hydrogen-bond acceptors (Lipinski definition) is 5. The molecule has 108 valence electrons. The zero-order valence-electron chi connectivity index (χ0n) is 12.4. The molecule has 6 nitrogen and oxygen atoms in total. The fraction of sp³-hybridized carbons (Fsp3) is 0.500. The first kappa shape index (κ1) is 14.5. The Bertz CT molecular complexity index is 559. The Balaban J connectivity index is 1.88. The van der Waals surface area contributed by atoms with Gasteiger partial charge in [-0.15, -0.1) is 5.10 Å². The van der Waals surface area contributed by atoms with E-state index in [4.69, 9.17) is 4.74 Å². The second-order valence-corrected chi connectivity index (χ2v) is 5.64. The lowest BCUT2D eigenvalue weighted by molar-refractivity contribution is 0.347. The van der Waals surface area contributed by atoms with Crippen molar-refractivity contribution in [3.05, 3.63) is 35.8 Å². The number of methoxy groups -OCH3 is 1. The lowest BCUT2D eigenvalue weighted by Gasteiger charge is -2.17. The average molecular weight is 275 g/mol. The van der Waals surface area contributed by atoms with Crippen LogP contribution in [0.15, 0.2) is 24.5 Å². The first-order chi connectivity index (χ1) is 9.49. The number of rotatable bonds is 5. The van der Waals surface area contributed by atoms with Crippen molar-refractivity contribution in [3.8, 4) is 5.88 Å². The van der Waals surface area contributed by atoms with Crippen LogP contribution in [0.25, 0.3) is 0 Å². The van der Waals surface area contributed by atoms with Gasteiger partial charge in [0, 0.05) is 25.4 Å². The van der Waals surface area contributed by atoms with Gasteiger partial charge in [0.05, 0.1) is 24.5 Å². The lowest BCUT2D eigenvalue weighted by Crippen LogP contribution is -2.22. The minimum Gasteiger partial charge on any atom is -0.481 e. The standard InChI is InChI=1S/C14H21N5O/c1-14(2,3)19-10-12(17-18-19)9-15-8-11-5-6-16-13(7-11)20-4/h5-7,10,15H,8-9H2,1-4H3. The van der Waals surface area contributed by atoms with Gasteiger partial charge in [0.25, 0.3) is 0 Å². The van der Waals surface area contributed by atoms with Crippen LogP contribution in [0, 0.1) is 0 Å². The Kier molecular flexibility index (Phi) is 4.34. The number of nitrogens with zero attached hydrogens (tertiary/aromatic N) is 4. The van der Waals surface area contributed by atoms with Crippen LogP contribution >= 0.6 is 0 Å². The number of nitrogens with one attached hydrogen (secondary N) is 1. The zero-order valence-corrected chi connectivity index (χ0v) is 12.4. The number of pyridine rings is 1. The first-order valence-corrected chi connectivity index (χ1v) is 6.60. The van der Waals surface area contributed by atoms with Gasteiger partial charge in [0.15, 0.2) is 0 Å². The molecular weight excluding hydrogens is 254 g/mol. The summed E-state index contributed by atoms with van der Waals surface area (Å²) < 4.78 is 6.97. The highest BCUT2D eigenvalue weighted by molar-refractivity contribution is 5.20. The van der Waals surface area contributed by atoms with E-state index in [1.54, 1.807) is 13.3 Å². The van der Waals surface area contributed by atoms with Crippen LogP contribution < -0.4 is 10.1 Å². The summed E-state index contributed by atoms with van der Waals surface area (Å²) in [4.78, 5) is 4.08. The highest BCUT2D eigenvalue weighted by Crippen LogP contribution is 2.12. The smallest absolute Gasteiger partial charge is 0.213 e. The highest BCUT2D eigenvalue weighted by Gasteiger charge is 2.14. The molecule has 1 N–H and O–H groups in total. The van der Waals surface area contributed by atoms with E-state index in [0.29, 0.717) is 12.4 Å². The first-order valence-electron chi connectivity index (χ1n) is 6.60. The maximum absolute atomic E-state index is 5.10. The van der Waals surface area contributed by atoms with Gasteiger partial charge < -0.3 is 10.1 Å². The third-order valence-electron chi connectivity index (χ3n) is 2.87. The molecule has 6 heteroatoms. The fourth-order valence-electron chi connectivity index (χ4n) is 1.71. The van der Waals surface area contributed by atoms with Gasteiger partial charge in [-0.25, -0.2) is 9.67 Å². The molecule has 2 heterocycles. The maximum atomic E-state index is 5.10. The summed E-state index contributed by atoms with van der Waals surface area (Å²) in [5.74, 6) is 0.628. The van der Waals surface area contributed by atoms with E-state index < -0.39 is 0 Å². The monoisotopic (exact) mass is 275 g/mol. The molecule has 0 aliphatic heterocycles. The van der Waals surface area contributed by atoms with E-state index in [2.05, 4.69) is 41.4 Å². The normalized spacial score (nSPS) is 11.6. The molecule has 0 aliphatic carbocycles. The Labute approximate surface area is 119 Å². The van der Waals surface area contributed by atoms with E-state index >= 15 is 0 Å². The summed E-state index contributed by atoms with van der Waals surface area (Å²) in [5, 5.41) is 11.6. The molecule has 0 saturated carbocycles. The molecule has 2 aromatic rings. The van der Waals surface area contributed by atoms with E-state index in [1.165, 1.54) is 0 Å². The van der Waals surface area contributed by atoms with Crippen LogP contribution in [0.4, 0.5) is 0 Å². The van der Waals surface area contributed by atoms with Gasteiger partial charge in [-0.05, 0) is 32.4 Å². The van der Waals surface area contributed by atoms with E-state index in [9.17, 15) is 0 Å². The molecule has 0 bridgehead atoms. The van der Waals surface area contributed by atoms with Crippen molar-refractivity contribution in [2.45, 2.75) is 39.4 Å². The number of hydrogen-bond donors (Lipinski definition) is 1. The van der Waals surface area contributed by atoms with E-state index in [1.807, 2.05) is 23.0 Å². The summed E-state index contributed by atoms with van der Waals surface area (Å²) in [6.07, 6.45) is 3.71. The summed E-state index contributed by atoms with van der Waals surface area (Å²) in [6.45, 7) is 7.72. The van der Waals surface area contributed by atoms with E-state index in [0.717, 1.165) is 17.8 Å². The molecule has 0 aromatic carbocycles. The Morgan fingerprint density at radius 3 is 2.75 bits per heavy atom. The van der Waals surface area contributed by atoms with Crippen molar-refractivity contribution in [3.63, 3.8) is 0 Å². The Morgan fingerprint density at radius 1 is 1.30 bits per heavy atom. The predicted octanol–water partition coefficient (Wildman–Crippen LogP) is 1.73. The second-order valence-electron chi connectivity index (χ2n) is 5.64. The van der Waals surface area contributed by atoms with Gasteiger partial charge in [0.2, 0.25) is 5.88 Å². The van der Waals surface area contributed by atoms with Gasteiger partial charge >= 0.3 is 0 Å². The molecule has 0 unspecified atom stereocenters. The van der Waals surface area contributed by atoms with Crippen LogP contribution in [0.1, 0.15) is 32.0 Å². The summed E-state index contributed by atoms with van der Waals surface area (Å²) in [6, 6.07) is 3.88. The molecule has 2 rings (SSSR count). The topological polar surface area (TPSA) is 64.9 Å². The minimum absolute atomic E-state index is 0.0380. The van der Waals surface area contributed by atoms with Crippen molar-refractivity contribution in [1.29, 1.82) is 0 Å². The third kappa shape index (κ3) is 3.77. The van der Waals surface area contributed by atoms with Crippen molar-refractivity contribution >= 4 is 0 Å². The maximum Gasteiger partial charge on any atom is 0.213 e. The Morgan fingerprint density at radius 2 is 2.10 bits per heavy atom. The van der Waals surface area contributed by atoms with Gasteiger partial charge in [0.1, 0.15) is 0 Å². The molecule has 0 spiro atoms. The van der Waals surface area contributed by atoms with Gasteiger partial charge in [-0.3, -0.25) is 0 Å². The predicted molar refractivity (Wildman–Crippen MR) is 76.4 cm³/mol. The summed E-state index contributed by atoms with van der Waals surface area (Å²) in [7, 11) is 1.62. The largest absolute Gasteiger partial charge is 0.481 e. The van der Waals surface area contributed by atoms with Crippen LogP contribution in [-0.4, -0.2) is 27.1 Å².